The molecule has 3 aromatic carbocycles. The number of nitrogens with zero attached hydrogens (tertiary/aromatic N) is 1. The first-order valence-corrected chi connectivity index (χ1v) is 11.9. The van der Waals surface area contributed by atoms with E-state index in [2.05, 4.69) is 5.32 Å². The van der Waals surface area contributed by atoms with Crippen molar-refractivity contribution in [2.75, 3.05) is 13.8 Å². The standard InChI is InChI=1S/C29H26F4N2O3/c1-18(20-8-10-21(11-9-20)28(37)38-2)34-27(36)24-17-35(15-14-30)25-5-3-4-22(26(24)25)16-19-6-12-23(13-7-19)29(31,32)33/h3-13,17-18H,14-16H2,1-2H3,(H,34,36)/t18-/m0/s1. The monoisotopic (exact) mass is 526 g/mol. The van der Waals surface area contributed by atoms with E-state index in [-0.39, 0.29) is 12.5 Å². The molecule has 0 aliphatic heterocycles. The first-order valence-electron chi connectivity index (χ1n) is 11.9. The molecule has 0 radical (unpaired) electrons. The minimum atomic E-state index is -4.43. The fraction of sp³-hybridized carbons (Fsp3) is 0.241. The Morgan fingerprint density at radius 1 is 1.00 bits per heavy atom. The summed E-state index contributed by atoms with van der Waals surface area (Å²) in [6.45, 7) is 1.23. The number of fused-ring (bicyclic) bond motifs is 1. The molecular formula is C29H26F4N2O3. The molecule has 0 aliphatic rings. The number of esters is 1. The Labute approximate surface area is 217 Å². The van der Waals surface area contributed by atoms with E-state index in [4.69, 9.17) is 4.74 Å². The van der Waals surface area contributed by atoms with Crippen molar-refractivity contribution in [3.05, 3.63) is 106 Å². The van der Waals surface area contributed by atoms with E-state index in [9.17, 15) is 27.2 Å². The van der Waals surface area contributed by atoms with Crippen LogP contribution in [0.1, 0.15) is 55.9 Å². The van der Waals surface area contributed by atoms with Crippen LogP contribution in [0.2, 0.25) is 0 Å². The second kappa shape index (κ2) is 11.1. The summed E-state index contributed by atoms with van der Waals surface area (Å²) >= 11 is 0. The molecule has 1 amide bonds. The van der Waals surface area contributed by atoms with Crippen molar-refractivity contribution in [3.63, 3.8) is 0 Å². The first-order chi connectivity index (χ1) is 18.1. The lowest BCUT2D eigenvalue weighted by atomic mass is 9.98. The molecule has 4 aromatic rings. The smallest absolute Gasteiger partial charge is 0.416 e. The van der Waals surface area contributed by atoms with Crippen LogP contribution in [0.4, 0.5) is 17.6 Å². The molecule has 0 unspecified atom stereocenters. The molecule has 198 valence electrons. The van der Waals surface area contributed by atoms with Gasteiger partial charge in [0.15, 0.2) is 0 Å². The summed E-state index contributed by atoms with van der Waals surface area (Å²) in [5.41, 5.74) is 2.80. The van der Waals surface area contributed by atoms with Gasteiger partial charge in [0.25, 0.3) is 5.91 Å². The van der Waals surface area contributed by atoms with Gasteiger partial charge in [-0.25, -0.2) is 9.18 Å². The second-order valence-electron chi connectivity index (χ2n) is 8.92. The van der Waals surface area contributed by atoms with Gasteiger partial charge in [-0.2, -0.15) is 13.2 Å². The van der Waals surface area contributed by atoms with Crippen LogP contribution in [0.25, 0.3) is 10.9 Å². The van der Waals surface area contributed by atoms with Crippen molar-refractivity contribution in [3.8, 4) is 0 Å². The lowest BCUT2D eigenvalue weighted by Crippen LogP contribution is -2.26. The number of aryl methyl sites for hydroxylation is 1. The Morgan fingerprint density at radius 2 is 1.68 bits per heavy atom. The number of rotatable bonds is 8. The zero-order valence-electron chi connectivity index (χ0n) is 20.8. The number of carbonyl (C=O) groups excluding carboxylic acids is 2. The van der Waals surface area contributed by atoms with Crippen molar-refractivity contribution in [1.29, 1.82) is 0 Å². The topological polar surface area (TPSA) is 60.3 Å². The molecular weight excluding hydrogens is 500 g/mol. The van der Waals surface area contributed by atoms with Gasteiger partial charge in [0.1, 0.15) is 6.67 Å². The maximum absolute atomic E-state index is 13.4. The van der Waals surface area contributed by atoms with Crippen molar-refractivity contribution in [1.82, 2.24) is 9.88 Å². The van der Waals surface area contributed by atoms with Crippen LogP contribution < -0.4 is 5.32 Å². The van der Waals surface area contributed by atoms with Gasteiger partial charge in [-0.05, 0) is 60.4 Å². The minimum absolute atomic E-state index is 0.0536. The summed E-state index contributed by atoms with van der Waals surface area (Å²) in [5.74, 6) is -0.841. The quantitative estimate of drug-likeness (QED) is 0.211. The Morgan fingerprint density at radius 3 is 2.29 bits per heavy atom. The molecule has 0 saturated carbocycles. The lowest BCUT2D eigenvalue weighted by Gasteiger charge is -2.15. The van der Waals surface area contributed by atoms with Crippen LogP contribution >= 0.6 is 0 Å². The van der Waals surface area contributed by atoms with Gasteiger partial charge in [-0.3, -0.25) is 4.79 Å². The van der Waals surface area contributed by atoms with Crippen LogP contribution in [0, 0.1) is 0 Å². The number of ether oxygens (including phenoxy) is 1. The highest BCUT2D eigenvalue weighted by molar-refractivity contribution is 6.08. The third kappa shape index (κ3) is 5.72. The number of alkyl halides is 4. The molecule has 4 rings (SSSR count). The molecule has 38 heavy (non-hydrogen) atoms. The van der Waals surface area contributed by atoms with Crippen LogP contribution in [0.3, 0.4) is 0 Å². The zero-order valence-corrected chi connectivity index (χ0v) is 20.8. The summed E-state index contributed by atoms with van der Waals surface area (Å²) in [5, 5.41) is 3.57. The summed E-state index contributed by atoms with van der Waals surface area (Å²) in [7, 11) is 1.30. The third-order valence-corrected chi connectivity index (χ3v) is 6.42. The molecule has 1 heterocycles. The zero-order chi connectivity index (χ0) is 27.4. The fourth-order valence-electron chi connectivity index (χ4n) is 4.44. The molecule has 0 fully saturated rings. The van der Waals surface area contributed by atoms with Gasteiger partial charge < -0.3 is 14.6 Å². The lowest BCUT2D eigenvalue weighted by molar-refractivity contribution is -0.137. The molecule has 1 aromatic heterocycles. The maximum Gasteiger partial charge on any atom is 0.416 e. The minimum Gasteiger partial charge on any atom is -0.465 e. The molecule has 0 bridgehead atoms. The number of benzene rings is 3. The number of hydrogen-bond acceptors (Lipinski definition) is 3. The number of hydrogen-bond donors (Lipinski definition) is 1. The molecule has 1 atom stereocenters. The number of carbonyl (C=O) groups is 2. The average molecular weight is 527 g/mol. The van der Waals surface area contributed by atoms with E-state index in [1.54, 1.807) is 54.1 Å². The predicted octanol–water partition coefficient (Wildman–Crippen LogP) is 6.50. The van der Waals surface area contributed by atoms with E-state index in [1.807, 2.05) is 6.07 Å². The van der Waals surface area contributed by atoms with Crippen molar-refractivity contribution >= 4 is 22.8 Å². The number of amides is 1. The SMILES string of the molecule is COC(=O)c1ccc([C@H](C)NC(=O)c2cn(CCF)c3cccc(Cc4ccc(C(F)(F)F)cc4)c23)cc1. The van der Waals surface area contributed by atoms with Crippen molar-refractivity contribution in [2.24, 2.45) is 0 Å². The Balaban J connectivity index is 1.65. The largest absolute Gasteiger partial charge is 0.465 e. The normalized spacial score (nSPS) is 12.4. The summed E-state index contributed by atoms with van der Waals surface area (Å²) in [6.07, 6.45) is -2.54. The first kappa shape index (κ1) is 26.9. The van der Waals surface area contributed by atoms with Gasteiger partial charge in [0.2, 0.25) is 0 Å². The summed E-state index contributed by atoms with van der Waals surface area (Å²) < 4.78 is 58.6. The van der Waals surface area contributed by atoms with Gasteiger partial charge in [-0.15, -0.1) is 0 Å². The van der Waals surface area contributed by atoms with Gasteiger partial charge >= 0.3 is 12.1 Å². The van der Waals surface area contributed by atoms with E-state index in [1.165, 1.54) is 19.2 Å². The maximum atomic E-state index is 13.4. The summed E-state index contributed by atoms with van der Waals surface area (Å²) in [6, 6.07) is 16.5. The highest BCUT2D eigenvalue weighted by Gasteiger charge is 2.30. The van der Waals surface area contributed by atoms with Gasteiger partial charge in [0, 0.05) is 17.1 Å². The predicted molar refractivity (Wildman–Crippen MR) is 136 cm³/mol. The van der Waals surface area contributed by atoms with Crippen LogP contribution in [0.5, 0.6) is 0 Å². The molecule has 9 heteroatoms. The van der Waals surface area contributed by atoms with Gasteiger partial charge in [0.05, 0.1) is 36.4 Å². The molecule has 0 spiro atoms. The van der Waals surface area contributed by atoms with E-state index in [0.717, 1.165) is 23.3 Å². The second-order valence-corrected chi connectivity index (χ2v) is 8.92. The fourth-order valence-corrected chi connectivity index (χ4v) is 4.44. The molecule has 0 aliphatic carbocycles. The Hall–Kier alpha value is -4.14. The van der Waals surface area contributed by atoms with Crippen molar-refractivity contribution < 1.29 is 31.9 Å². The number of nitrogens with one attached hydrogen (secondary N) is 1. The Bertz CT molecular complexity index is 1440. The van der Waals surface area contributed by atoms with E-state index >= 15 is 0 Å². The molecule has 5 nitrogen and oxygen atoms in total. The number of methoxy groups -OCH3 is 1. The highest BCUT2D eigenvalue weighted by Crippen LogP contribution is 2.31. The number of aromatic nitrogens is 1. The third-order valence-electron chi connectivity index (χ3n) is 6.42. The van der Waals surface area contributed by atoms with Gasteiger partial charge in [-0.1, -0.05) is 36.4 Å². The Kier molecular flexibility index (Phi) is 7.85. The van der Waals surface area contributed by atoms with Crippen LogP contribution in [0.15, 0.2) is 72.9 Å². The van der Waals surface area contributed by atoms with Crippen LogP contribution in [-0.2, 0) is 23.9 Å². The molecule has 0 saturated heterocycles. The van der Waals surface area contributed by atoms with E-state index in [0.29, 0.717) is 34.0 Å². The van der Waals surface area contributed by atoms with E-state index < -0.39 is 30.4 Å². The van der Waals surface area contributed by atoms with Crippen molar-refractivity contribution in [2.45, 2.75) is 32.1 Å². The highest BCUT2D eigenvalue weighted by atomic mass is 19.4. The number of halogens is 4. The summed E-state index contributed by atoms with van der Waals surface area (Å²) in [4.78, 5) is 25.1. The average Bonchev–Trinajstić information content (AvgIpc) is 3.28. The molecule has 1 N–H and O–H groups in total. The van der Waals surface area contributed by atoms with Crippen LogP contribution in [-0.4, -0.2) is 30.2 Å².